The molecule has 0 aromatic heterocycles. The summed E-state index contributed by atoms with van der Waals surface area (Å²) in [6, 6.07) is 0.366. The van der Waals surface area contributed by atoms with E-state index in [4.69, 9.17) is 9.47 Å². The van der Waals surface area contributed by atoms with Gasteiger partial charge in [-0.3, -0.25) is 0 Å². The van der Waals surface area contributed by atoms with E-state index in [1.807, 2.05) is 0 Å². The summed E-state index contributed by atoms with van der Waals surface area (Å²) in [6.45, 7) is 9.73. The molecule has 3 fully saturated rings. The largest absolute Gasteiger partial charge is 0.377 e. The van der Waals surface area contributed by atoms with Gasteiger partial charge in [0.1, 0.15) is 0 Å². The fraction of sp³-hybridized carbons (Fsp3) is 0.941. The van der Waals surface area contributed by atoms with Gasteiger partial charge in [-0.15, -0.1) is 0 Å². The summed E-state index contributed by atoms with van der Waals surface area (Å²) >= 11 is 0. The van der Waals surface area contributed by atoms with E-state index in [0.717, 1.165) is 45.4 Å². The molecule has 0 bridgehead atoms. The first-order valence-corrected chi connectivity index (χ1v) is 8.83. The Hall–Kier alpha value is -0.810. The molecular weight excluding hydrogens is 280 g/mol. The van der Waals surface area contributed by atoms with E-state index in [9.17, 15) is 4.79 Å². The number of nitrogens with one attached hydrogen (secondary N) is 1. The van der Waals surface area contributed by atoms with Crippen LogP contribution < -0.4 is 5.32 Å². The monoisotopic (exact) mass is 310 g/mol. The second kappa shape index (κ2) is 6.36. The number of hydrogen-bond acceptors (Lipinski definition) is 3. The molecule has 2 aliphatic heterocycles. The Bertz CT molecular complexity index is 407. The third-order valence-corrected chi connectivity index (χ3v) is 5.60. The van der Waals surface area contributed by atoms with Gasteiger partial charge in [0.25, 0.3) is 0 Å². The van der Waals surface area contributed by atoms with Gasteiger partial charge in [-0.1, -0.05) is 20.8 Å². The van der Waals surface area contributed by atoms with Gasteiger partial charge in [-0.2, -0.15) is 0 Å². The highest BCUT2D eigenvalue weighted by Gasteiger charge is 2.62. The molecule has 5 nitrogen and oxygen atoms in total. The van der Waals surface area contributed by atoms with Crippen molar-refractivity contribution in [3.05, 3.63) is 0 Å². The van der Waals surface area contributed by atoms with Crippen LogP contribution in [-0.2, 0) is 9.47 Å². The summed E-state index contributed by atoms with van der Waals surface area (Å²) in [5.74, 6) is 0.509. The van der Waals surface area contributed by atoms with E-state index in [2.05, 4.69) is 31.0 Å². The number of ether oxygens (including phenoxy) is 2. The molecular formula is C17H30N2O3. The molecule has 2 heterocycles. The minimum absolute atomic E-state index is 0.0531. The SMILES string of the molecule is CCCN(C(=O)NC[C@@H]1CCCO1)[C@@H]1[C@@H]2CCO[C@H]2C1(C)C. The molecule has 0 aromatic rings. The lowest BCUT2D eigenvalue weighted by atomic mass is 9.56. The van der Waals surface area contributed by atoms with Crippen molar-refractivity contribution in [1.82, 2.24) is 10.2 Å². The Morgan fingerprint density at radius 1 is 1.27 bits per heavy atom. The molecule has 2 amide bonds. The van der Waals surface area contributed by atoms with Gasteiger partial charge >= 0.3 is 6.03 Å². The van der Waals surface area contributed by atoms with Crippen molar-refractivity contribution in [2.24, 2.45) is 11.3 Å². The lowest BCUT2D eigenvalue weighted by Crippen LogP contribution is -2.69. The molecule has 0 aromatic carbocycles. The molecule has 1 N–H and O–H groups in total. The number of carbonyl (C=O) groups excluding carboxylic acids is 1. The summed E-state index contributed by atoms with van der Waals surface area (Å²) < 4.78 is 11.5. The van der Waals surface area contributed by atoms with E-state index in [1.54, 1.807) is 0 Å². The second-order valence-electron chi connectivity index (χ2n) is 7.52. The first-order chi connectivity index (χ1) is 10.6. The molecule has 5 heteroatoms. The zero-order valence-electron chi connectivity index (χ0n) is 14.1. The number of rotatable bonds is 5. The quantitative estimate of drug-likeness (QED) is 0.848. The maximum absolute atomic E-state index is 12.7. The molecule has 1 aliphatic carbocycles. The highest BCUT2D eigenvalue weighted by molar-refractivity contribution is 5.75. The molecule has 3 aliphatic rings. The average Bonchev–Trinajstić information content (AvgIpc) is 3.14. The maximum Gasteiger partial charge on any atom is 0.317 e. The lowest BCUT2D eigenvalue weighted by Gasteiger charge is -2.58. The van der Waals surface area contributed by atoms with E-state index in [0.29, 0.717) is 24.6 Å². The first kappa shape index (κ1) is 16.1. The average molecular weight is 310 g/mol. The number of hydrogen-bond donors (Lipinski definition) is 1. The van der Waals surface area contributed by atoms with Crippen LogP contribution in [0.25, 0.3) is 0 Å². The van der Waals surface area contributed by atoms with Crippen LogP contribution in [0.3, 0.4) is 0 Å². The number of carbonyl (C=O) groups is 1. The van der Waals surface area contributed by atoms with Crippen molar-refractivity contribution >= 4 is 6.03 Å². The van der Waals surface area contributed by atoms with Gasteiger partial charge in [0, 0.05) is 43.7 Å². The van der Waals surface area contributed by atoms with Crippen molar-refractivity contribution in [2.45, 2.75) is 64.7 Å². The molecule has 0 unspecified atom stereocenters. The number of urea groups is 1. The predicted molar refractivity (Wildman–Crippen MR) is 84.8 cm³/mol. The fourth-order valence-corrected chi connectivity index (χ4v) is 4.65. The van der Waals surface area contributed by atoms with Gasteiger partial charge < -0.3 is 19.7 Å². The van der Waals surface area contributed by atoms with E-state index < -0.39 is 0 Å². The van der Waals surface area contributed by atoms with Crippen LogP contribution in [0, 0.1) is 11.3 Å². The van der Waals surface area contributed by atoms with Crippen LogP contribution in [0.2, 0.25) is 0 Å². The van der Waals surface area contributed by atoms with Gasteiger partial charge in [0.15, 0.2) is 0 Å². The zero-order chi connectivity index (χ0) is 15.7. The van der Waals surface area contributed by atoms with Crippen LogP contribution in [0.4, 0.5) is 4.79 Å². The maximum atomic E-state index is 12.7. The summed E-state index contributed by atoms with van der Waals surface area (Å²) in [4.78, 5) is 14.8. The highest BCUT2D eigenvalue weighted by atomic mass is 16.5. The second-order valence-corrected chi connectivity index (χ2v) is 7.52. The Kier molecular flexibility index (Phi) is 4.64. The zero-order valence-corrected chi connectivity index (χ0v) is 14.1. The molecule has 2 saturated heterocycles. The van der Waals surface area contributed by atoms with Crippen molar-refractivity contribution in [3.63, 3.8) is 0 Å². The number of fused-ring (bicyclic) bond motifs is 1. The molecule has 4 atom stereocenters. The number of nitrogens with zero attached hydrogens (tertiary/aromatic N) is 1. The van der Waals surface area contributed by atoms with Crippen LogP contribution in [0.1, 0.15) is 46.5 Å². The molecule has 126 valence electrons. The Labute approximate surface area is 133 Å². The van der Waals surface area contributed by atoms with Gasteiger partial charge in [0.05, 0.1) is 12.2 Å². The fourth-order valence-electron chi connectivity index (χ4n) is 4.65. The molecule has 1 saturated carbocycles. The Morgan fingerprint density at radius 2 is 2.09 bits per heavy atom. The normalized spacial score (nSPS) is 35.8. The molecule has 22 heavy (non-hydrogen) atoms. The third kappa shape index (κ3) is 2.73. The van der Waals surface area contributed by atoms with Gasteiger partial charge in [-0.25, -0.2) is 4.79 Å². The molecule has 3 rings (SSSR count). The summed E-state index contributed by atoms with van der Waals surface area (Å²) in [6.07, 6.45) is 4.75. The predicted octanol–water partition coefficient (Wildman–Crippen LogP) is 2.40. The lowest BCUT2D eigenvalue weighted by molar-refractivity contribution is -0.143. The van der Waals surface area contributed by atoms with E-state index in [-0.39, 0.29) is 17.6 Å². The Balaban J connectivity index is 1.62. The van der Waals surface area contributed by atoms with Crippen molar-refractivity contribution in [1.29, 1.82) is 0 Å². The first-order valence-electron chi connectivity index (χ1n) is 8.83. The molecule has 0 radical (unpaired) electrons. The van der Waals surface area contributed by atoms with Gasteiger partial charge in [0.2, 0.25) is 0 Å². The minimum atomic E-state index is 0.0531. The van der Waals surface area contributed by atoms with Crippen molar-refractivity contribution in [3.8, 4) is 0 Å². The van der Waals surface area contributed by atoms with Crippen LogP contribution in [0.15, 0.2) is 0 Å². The van der Waals surface area contributed by atoms with E-state index >= 15 is 0 Å². The minimum Gasteiger partial charge on any atom is -0.377 e. The highest BCUT2D eigenvalue weighted by Crippen LogP contribution is 2.54. The van der Waals surface area contributed by atoms with Gasteiger partial charge in [-0.05, 0) is 25.7 Å². The summed E-state index contributed by atoms with van der Waals surface area (Å²) in [5, 5.41) is 3.10. The topological polar surface area (TPSA) is 50.8 Å². The van der Waals surface area contributed by atoms with Crippen LogP contribution in [-0.4, -0.2) is 55.5 Å². The third-order valence-electron chi connectivity index (χ3n) is 5.60. The smallest absolute Gasteiger partial charge is 0.317 e. The summed E-state index contributed by atoms with van der Waals surface area (Å²) in [5.41, 5.74) is 0.0531. The summed E-state index contributed by atoms with van der Waals surface area (Å²) in [7, 11) is 0. The van der Waals surface area contributed by atoms with Crippen LogP contribution in [0.5, 0.6) is 0 Å². The molecule has 0 spiro atoms. The standard InChI is InChI=1S/C17H30N2O3/c1-4-8-19(16(20)18-11-12-6-5-9-21-12)14-13-7-10-22-15(13)17(14,2)3/h12-15H,4-11H2,1-3H3,(H,18,20)/t12-,13-,14+,15+/m0/s1. The van der Waals surface area contributed by atoms with E-state index in [1.165, 1.54) is 0 Å². The van der Waals surface area contributed by atoms with Crippen LogP contribution >= 0.6 is 0 Å². The number of amides is 2. The van der Waals surface area contributed by atoms with Crippen molar-refractivity contribution < 1.29 is 14.3 Å². The van der Waals surface area contributed by atoms with Crippen molar-refractivity contribution in [2.75, 3.05) is 26.3 Å². The Morgan fingerprint density at radius 3 is 2.77 bits per heavy atom.